The van der Waals surface area contributed by atoms with Crippen LogP contribution in [0.15, 0.2) is 36.0 Å². The van der Waals surface area contributed by atoms with Crippen molar-refractivity contribution in [2.45, 2.75) is 70.6 Å². The van der Waals surface area contributed by atoms with E-state index in [0.717, 1.165) is 5.92 Å². The van der Waals surface area contributed by atoms with E-state index in [1.54, 1.807) is 5.57 Å². The number of allylic oxidation sites excluding steroid dienone is 6. The van der Waals surface area contributed by atoms with Gasteiger partial charge in [-0.15, -0.1) is 0 Å². The fourth-order valence-corrected chi connectivity index (χ4v) is 3.26. The van der Waals surface area contributed by atoms with Gasteiger partial charge in [0.15, 0.2) is 0 Å². The van der Waals surface area contributed by atoms with Gasteiger partial charge in [0.2, 0.25) is 0 Å². The van der Waals surface area contributed by atoms with Gasteiger partial charge in [-0.2, -0.15) is 0 Å². The summed E-state index contributed by atoms with van der Waals surface area (Å²) in [6.07, 6.45) is 26.9. The normalized spacial score (nSPS) is 30.6. The molecule has 18 heavy (non-hydrogen) atoms. The first kappa shape index (κ1) is 13.6. The number of hydrogen-bond donors (Lipinski definition) is 0. The Bertz CT molecular complexity index is 300. The summed E-state index contributed by atoms with van der Waals surface area (Å²) in [5.74, 6) is 0.898. The molecule has 0 bridgehead atoms. The van der Waals surface area contributed by atoms with Crippen LogP contribution in [0, 0.1) is 5.92 Å². The van der Waals surface area contributed by atoms with Crippen LogP contribution in [-0.2, 0) is 0 Å². The molecule has 2 aliphatic rings. The standard InChI is InChI=1S/C18H28/c1-2-4-6-9-13-17(14-10-7-5-3-1)18-15-11-8-12-16-18/h2,4,6,9,13,18H,1,3,5,7-8,10-12,14-16H2/b4-2-,9-6+,17-13-. The molecule has 0 heterocycles. The highest BCUT2D eigenvalue weighted by Crippen LogP contribution is 2.32. The van der Waals surface area contributed by atoms with E-state index in [1.165, 1.54) is 70.6 Å². The van der Waals surface area contributed by atoms with Crippen molar-refractivity contribution in [1.29, 1.82) is 0 Å². The SMILES string of the molecule is C1=C\CCCCCC/C(C2CCCCC2)=C/C=C/1. The topological polar surface area (TPSA) is 0 Å². The molecular formula is C18H28. The molecule has 0 amide bonds. The third-order valence-electron chi connectivity index (χ3n) is 4.38. The minimum absolute atomic E-state index is 0.898. The fourth-order valence-electron chi connectivity index (χ4n) is 3.26. The molecule has 1 saturated carbocycles. The van der Waals surface area contributed by atoms with Crippen LogP contribution in [-0.4, -0.2) is 0 Å². The Morgan fingerprint density at radius 2 is 1.50 bits per heavy atom. The molecule has 2 aliphatic carbocycles. The van der Waals surface area contributed by atoms with Gasteiger partial charge in [0, 0.05) is 0 Å². The molecule has 0 aliphatic heterocycles. The molecule has 0 atom stereocenters. The van der Waals surface area contributed by atoms with Crippen LogP contribution >= 0.6 is 0 Å². The van der Waals surface area contributed by atoms with E-state index in [0.29, 0.717) is 0 Å². The molecule has 0 aromatic heterocycles. The molecular weight excluding hydrogens is 216 g/mol. The van der Waals surface area contributed by atoms with Crippen LogP contribution in [0.5, 0.6) is 0 Å². The Balaban J connectivity index is 1.98. The van der Waals surface area contributed by atoms with Gasteiger partial charge in [-0.3, -0.25) is 0 Å². The second-order valence-corrected chi connectivity index (χ2v) is 5.84. The smallest absolute Gasteiger partial charge is 0.0200 e. The summed E-state index contributed by atoms with van der Waals surface area (Å²) in [5, 5.41) is 0. The van der Waals surface area contributed by atoms with Gasteiger partial charge in [-0.25, -0.2) is 0 Å². The molecule has 0 spiro atoms. The molecule has 100 valence electrons. The highest BCUT2D eigenvalue weighted by molar-refractivity contribution is 5.19. The third kappa shape index (κ3) is 4.84. The molecule has 0 radical (unpaired) electrons. The summed E-state index contributed by atoms with van der Waals surface area (Å²) in [6, 6.07) is 0. The van der Waals surface area contributed by atoms with Gasteiger partial charge >= 0.3 is 0 Å². The Labute approximate surface area is 113 Å². The Kier molecular flexibility index (Phi) is 6.33. The largest absolute Gasteiger partial charge is 0.0845 e. The molecule has 0 unspecified atom stereocenters. The van der Waals surface area contributed by atoms with Crippen LogP contribution in [0.25, 0.3) is 0 Å². The molecule has 0 N–H and O–H groups in total. The number of rotatable bonds is 1. The lowest BCUT2D eigenvalue weighted by Gasteiger charge is -2.24. The van der Waals surface area contributed by atoms with Crippen molar-refractivity contribution in [2.24, 2.45) is 5.92 Å². The molecule has 0 saturated heterocycles. The van der Waals surface area contributed by atoms with E-state index in [-0.39, 0.29) is 0 Å². The molecule has 0 heteroatoms. The van der Waals surface area contributed by atoms with Crippen molar-refractivity contribution in [1.82, 2.24) is 0 Å². The van der Waals surface area contributed by atoms with Crippen molar-refractivity contribution in [2.75, 3.05) is 0 Å². The lowest BCUT2D eigenvalue weighted by molar-refractivity contribution is 0.392. The first-order valence-electron chi connectivity index (χ1n) is 7.99. The van der Waals surface area contributed by atoms with Crippen LogP contribution < -0.4 is 0 Å². The molecule has 0 nitrogen and oxygen atoms in total. The number of hydrogen-bond acceptors (Lipinski definition) is 0. The van der Waals surface area contributed by atoms with Gasteiger partial charge in [-0.05, 0) is 44.4 Å². The monoisotopic (exact) mass is 244 g/mol. The lowest BCUT2D eigenvalue weighted by Crippen LogP contribution is -2.09. The summed E-state index contributed by atoms with van der Waals surface area (Å²) in [6.45, 7) is 0. The maximum absolute atomic E-state index is 2.42. The Hall–Kier alpha value is -0.780. The highest BCUT2D eigenvalue weighted by atomic mass is 14.2. The van der Waals surface area contributed by atoms with Crippen LogP contribution in [0.4, 0.5) is 0 Å². The quantitative estimate of drug-likeness (QED) is 0.534. The highest BCUT2D eigenvalue weighted by Gasteiger charge is 2.16. The van der Waals surface area contributed by atoms with Crippen molar-refractivity contribution in [3.05, 3.63) is 36.0 Å². The van der Waals surface area contributed by atoms with Gasteiger partial charge < -0.3 is 0 Å². The van der Waals surface area contributed by atoms with Crippen molar-refractivity contribution >= 4 is 0 Å². The van der Waals surface area contributed by atoms with Crippen LogP contribution in [0.2, 0.25) is 0 Å². The van der Waals surface area contributed by atoms with E-state index >= 15 is 0 Å². The zero-order valence-electron chi connectivity index (χ0n) is 11.7. The molecule has 1 fully saturated rings. The van der Waals surface area contributed by atoms with E-state index in [9.17, 15) is 0 Å². The average molecular weight is 244 g/mol. The Morgan fingerprint density at radius 3 is 2.39 bits per heavy atom. The summed E-state index contributed by atoms with van der Waals surface area (Å²) in [5.41, 5.74) is 1.74. The predicted octanol–water partition coefficient (Wildman–Crippen LogP) is 5.96. The molecule has 0 aromatic rings. The zero-order chi connectivity index (χ0) is 12.5. The predicted molar refractivity (Wildman–Crippen MR) is 80.6 cm³/mol. The summed E-state index contributed by atoms with van der Waals surface area (Å²) in [4.78, 5) is 0. The maximum Gasteiger partial charge on any atom is -0.0200 e. The molecule has 0 aromatic carbocycles. The van der Waals surface area contributed by atoms with E-state index in [1.807, 2.05) is 0 Å². The maximum atomic E-state index is 2.42. The second kappa shape index (κ2) is 8.34. The fraction of sp³-hybridized carbons (Fsp3) is 0.667. The van der Waals surface area contributed by atoms with Gasteiger partial charge in [-0.1, -0.05) is 68.1 Å². The van der Waals surface area contributed by atoms with Gasteiger partial charge in [0.25, 0.3) is 0 Å². The Morgan fingerprint density at radius 1 is 0.722 bits per heavy atom. The average Bonchev–Trinajstić information content (AvgIpc) is 2.40. The van der Waals surface area contributed by atoms with Crippen molar-refractivity contribution in [3.8, 4) is 0 Å². The van der Waals surface area contributed by atoms with E-state index in [4.69, 9.17) is 0 Å². The second-order valence-electron chi connectivity index (χ2n) is 5.84. The summed E-state index contributed by atoms with van der Waals surface area (Å²) < 4.78 is 0. The minimum atomic E-state index is 0.898. The first-order chi connectivity index (χ1) is 8.97. The van der Waals surface area contributed by atoms with E-state index in [2.05, 4.69) is 30.4 Å². The molecule has 2 rings (SSSR count). The minimum Gasteiger partial charge on any atom is -0.0845 e. The van der Waals surface area contributed by atoms with Crippen molar-refractivity contribution < 1.29 is 0 Å². The summed E-state index contributed by atoms with van der Waals surface area (Å²) >= 11 is 0. The zero-order valence-corrected chi connectivity index (χ0v) is 11.7. The lowest BCUT2D eigenvalue weighted by atomic mass is 9.81. The van der Waals surface area contributed by atoms with Crippen LogP contribution in [0.3, 0.4) is 0 Å². The van der Waals surface area contributed by atoms with E-state index < -0.39 is 0 Å². The van der Waals surface area contributed by atoms with Gasteiger partial charge in [0.1, 0.15) is 0 Å². The third-order valence-corrected chi connectivity index (χ3v) is 4.38. The summed E-state index contributed by atoms with van der Waals surface area (Å²) in [7, 11) is 0. The first-order valence-corrected chi connectivity index (χ1v) is 7.99. The van der Waals surface area contributed by atoms with Gasteiger partial charge in [0.05, 0.1) is 0 Å². The van der Waals surface area contributed by atoms with Crippen molar-refractivity contribution in [3.63, 3.8) is 0 Å². The van der Waals surface area contributed by atoms with Crippen LogP contribution in [0.1, 0.15) is 70.6 Å².